The van der Waals surface area contributed by atoms with E-state index in [1.165, 1.54) is 4.88 Å². The summed E-state index contributed by atoms with van der Waals surface area (Å²) in [7, 11) is 0. The lowest BCUT2D eigenvalue weighted by Crippen LogP contribution is -2.39. The number of rotatable bonds is 9. The van der Waals surface area contributed by atoms with Crippen molar-refractivity contribution < 1.29 is 4.79 Å². The molecule has 0 spiro atoms. The van der Waals surface area contributed by atoms with Gasteiger partial charge in [-0.05, 0) is 59.2 Å². The van der Waals surface area contributed by atoms with E-state index in [2.05, 4.69) is 39.4 Å². The summed E-state index contributed by atoms with van der Waals surface area (Å²) in [4.78, 5) is 23.8. The van der Waals surface area contributed by atoms with Gasteiger partial charge < -0.3 is 21.3 Å². The van der Waals surface area contributed by atoms with Gasteiger partial charge in [-0.3, -0.25) is 4.79 Å². The van der Waals surface area contributed by atoms with E-state index in [0.717, 1.165) is 69.4 Å². The number of unbranched alkanes of at least 4 members (excludes halogenated alkanes) is 1. The average Bonchev–Trinajstić information content (AvgIpc) is 3.05. The molecule has 1 aromatic heterocycles. The number of aliphatic imine (C=N–C) groups is 1. The molecule has 0 radical (unpaired) electrons. The first kappa shape index (κ1) is 20.6. The zero-order valence-electron chi connectivity index (χ0n) is 16.0. The molecule has 1 saturated heterocycles. The molecule has 0 aromatic carbocycles. The summed E-state index contributed by atoms with van der Waals surface area (Å²) in [5.41, 5.74) is 5.38. The average molecular weight is 381 g/mol. The third-order valence-corrected chi connectivity index (χ3v) is 5.47. The van der Waals surface area contributed by atoms with Gasteiger partial charge in [0.25, 0.3) is 0 Å². The van der Waals surface area contributed by atoms with Crippen LogP contribution >= 0.6 is 11.3 Å². The normalized spacial score (nSPS) is 16.6. The number of aromatic nitrogens is 1. The molecule has 146 valence electrons. The van der Waals surface area contributed by atoms with Gasteiger partial charge in [-0.15, -0.1) is 11.3 Å². The van der Waals surface area contributed by atoms with Crippen LogP contribution in [0.1, 0.15) is 42.5 Å². The van der Waals surface area contributed by atoms with Crippen LogP contribution in [-0.4, -0.2) is 54.5 Å². The second-order valence-corrected chi connectivity index (χ2v) is 8.03. The van der Waals surface area contributed by atoms with Crippen LogP contribution in [0.4, 0.5) is 0 Å². The van der Waals surface area contributed by atoms with Crippen molar-refractivity contribution in [2.45, 2.75) is 46.1 Å². The number of likely N-dealkylation sites (tertiary alicyclic amines) is 1. The number of primary amides is 1. The Bertz CT molecular complexity index is 580. The van der Waals surface area contributed by atoms with Crippen molar-refractivity contribution in [3.05, 3.63) is 16.1 Å². The van der Waals surface area contributed by atoms with Gasteiger partial charge in [0.2, 0.25) is 5.91 Å². The second-order valence-electron chi connectivity index (χ2n) is 6.71. The Kier molecular flexibility index (Phi) is 8.84. The van der Waals surface area contributed by atoms with Gasteiger partial charge in [0.15, 0.2) is 5.96 Å². The number of guanidine groups is 1. The number of amides is 1. The Morgan fingerprint density at radius 2 is 2.15 bits per heavy atom. The van der Waals surface area contributed by atoms with Crippen molar-refractivity contribution in [2.24, 2.45) is 16.6 Å². The van der Waals surface area contributed by atoms with E-state index in [-0.39, 0.29) is 11.8 Å². The molecule has 0 bridgehead atoms. The molecule has 8 heteroatoms. The van der Waals surface area contributed by atoms with Gasteiger partial charge in [0.1, 0.15) is 5.01 Å². The van der Waals surface area contributed by atoms with Crippen LogP contribution in [0.25, 0.3) is 0 Å². The maximum Gasteiger partial charge on any atom is 0.220 e. The molecule has 7 nitrogen and oxygen atoms in total. The first-order valence-electron chi connectivity index (χ1n) is 9.53. The van der Waals surface area contributed by atoms with Crippen LogP contribution in [0, 0.1) is 12.8 Å². The highest BCUT2D eigenvalue weighted by atomic mass is 32.1. The van der Waals surface area contributed by atoms with Crippen molar-refractivity contribution >= 4 is 23.2 Å². The van der Waals surface area contributed by atoms with Crippen LogP contribution in [0.3, 0.4) is 0 Å². The van der Waals surface area contributed by atoms with Crippen LogP contribution in [0.5, 0.6) is 0 Å². The SMILES string of the molecule is CCNC(=NCc1ncc(C)s1)NCCCCN1CCC(C(N)=O)CC1. The van der Waals surface area contributed by atoms with E-state index in [4.69, 9.17) is 5.73 Å². The standard InChI is InChI=1S/C18H32N6OS/c1-3-20-18(23-13-16-22-12-14(2)26-16)21-8-4-5-9-24-10-6-15(7-11-24)17(19)25/h12,15H,3-11,13H2,1-2H3,(H2,19,25)(H2,20,21,23). The van der Waals surface area contributed by atoms with Crippen molar-refractivity contribution in [1.29, 1.82) is 0 Å². The van der Waals surface area contributed by atoms with Crippen molar-refractivity contribution in [3.8, 4) is 0 Å². The molecule has 1 aromatic rings. The van der Waals surface area contributed by atoms with Crippen LogP contribution in [0.15, 0.2) is 11.2 Å². The molecule has 2 heterocycles. The smallest absolute Gasteiger partial charge is 0.220 e. The highest BCUT2D eigenvalue weighted by Crippen LogP contribution is 2.16. The van der Waals surface area contributed by atoms with Crippen LogP contribution in [-0.2, 0) is 11.3 Å². The van der Waals surface area contributed by atoms with E-state index in [1.54, 1.807) is 11.3 Å². The summed E-state index contributed by atoms with van der Waals surface area (Å²) in [5.74, 6) is 0.785. The molecule has 0 atom stereocenters. The summed E-state index contributed by atoms with van der Waals surface area (Å²) in [5, 5.41) is 7.71. The number of hydrogen-bond acceptors (Lipinski definition) is 5. The molecular formula is C18H32N6OS. The monoisotopic (exact) mass is 380 g/mol. The summed E-state index contributed by atoms with van der Waals surface area (Å²) in [6, 6.07) is 0. The first-order valence-corrected chi connectivity index (χ1v) is 10.3. The molecule has 1 fully saturated rings. The van der Waals surface area contributed by atoms with Crippen molar-refractivity contribution in [1.82, 2.24) is 20.5 Å². The lowest BCUT2D eigenvalue weighted by atomic mass is 9.96. The minimum absolute atomic E-state index is 0.0772. The van der Waals surface area contributed by atoms with Crippen LogP contribution in [0.2, 0.25) is 0 Å². The summed E-state index contributed by atoms with van der Waals surface area (Å²) < 4.78 is 0. The largest absolute Gasteiger partial charge is 0.369 e. The van der Waals surface area contributed by atoms with Crippen molar-refractivity contribution in [2.75, 3.05) is 32.7 Å². The maximum absolute atomic E-state index is 11.2. The lowest BCUT2D eigenvalue weighted by Gasteiger charge is -2.30. The molecule has 0 unspecified atom stereocenters. The zero-order valence-corrected chi connectivity index (χ0v) is 16.8. The van der Waals surface area contributed by atoms with E-state index < -0.39 is 0 Å². The molecule has 0 aliphatic carbocycles. The minimum atomic E-state index is -0.142. The molecule has 1 aliphatic heterocycles. The maximum atomic E-state index is 11.2. The lowest BCUT2D eigenvalue weighted by molar-refractivity contribution is -0.123. The predicted molar refractivity (Wildman–Crippen MR) is 107 cm³/mol. The number of piperidine rings is 1. The fourth-order valence-corrected chi connectivity index (χ4v) is 3.78. The number of nitrogens with two attached hydrogens (primary N) is 1. The molecule has 26 heavy (non-hydrogen) atoms. The fourth-order valence-electron chi connectivity index (χ4n) is 3.07. The predicted octanol–water partition coefficient (Wildman–Crippen LogP) is 1.48. The van der Waals surface area contributed by atoms with E-state index in [9.17, 15) is 4.79 Å². The Hall–Kier alpha value is -1.67. The van der Waals surface area contributed by atoms with E-state index in [0.29, 0.717) is 6.54 Å². The molecular weight excluding hydrogens is 348 g/mol. The summed E-state index contributed by atoms with van der Waals surface area (Å²) >= 11 is 1.69. The third kappa shape index (κ3) is 7.29. The summed E-state index contributed by atoms with van der Waals surface area (Å²) in [6.45, 7) is 9.54. The quantitative estimate of drug-likeness (QED) is 0.343. The van der Waals surface area contributed by atoms with Crippen LogP contribution < -0.4 is 16.4 Å². The topological polar surface area (TPSA) is 95.6 Å². The zero-order chi connectivity index (χ0) is 18.8. The number of aryl methyl sites for hydroxylation is 1. The summed E-state index contributed by atoms with van der Waals surface area (Å²) in [6.07, 6.45) is 5.93. The number of thiazole rings is 1. The Labute approximate surface area is 160 Å². The molecule has 0 saturated carbocycles. The number of carbonyl (C=O) groups is 1. The Balaban J connectivity index is 1.61. The molecule has 2 rings (SSSR count). The highest BCUT2D eigenvalue weighted by Gasteiger charge is 2.22. The van der Waals surface area contributed by atoms with Gasteiger partial charge in [-0.25, -0.2) is 9.98 Å². The number of hydrogen-bond donors (Lipinski definition) is 3. The number of nitrogens with one attached hydrogen (secondary N) is 2. The number of carbonyl (C=O) groups excluding carboxylic acids is 1. The molecule has 1 amide bonds. The van der Waals surface area contributed by atoms with E-state index >= 15 is 0 Å². The van der Waals surface area contributed by atoms with Gasteiger partial charge in [0, 0.05) is 30.1 Å². The minimum Gasteiger partial charge on any atom is -0.369 e. The number of nitrogens with zero attached hydrogens (tertiary/aromatic N) is 3. The van der Waals surface area contributed by atoms with Gasteiger partial charge >= 0.3 is 0 Å². The third-order valence-electron chi connectivity index (χ3n) is 4.57. The molecule has 4 N–H and O–H groups in total. The van der Waals surface area contributed by atoms with Gasteiger partial charge in [-0.1, -0.05) is 0 Å². The molecule has 1 aliphatic rings. The highest BCUT2D eigenvalue weighted by molar-refractivity contribution is 7.11. The second kappa shape index (κ2) is 11.1. The Morgan fingerprint density at radius 3 is 2.77 bits per heavy atom. The van der Waals surface area contributed by atoms with Gasteiger partial charge in [-0.2, -0.15) is 0 Å². The van der Waals surface area contributed by atoms with Crippen molar-refractivity contribution in [3.63, 3.8) is 0 Å². The Morgan fingerprint density at radius 1 is 1.38 bits per heavy atom. The first-order chi connectivity index (χ1) is 12.6. The van der Waals surface area contributed by atoms with Gasteiger partial charge in [0.05, 0.1) is 6.54 Å². The van der Waals surface area contributed by atoms with E-state index in [1.807, 2.05) is 6.20 Å². The fraction of sp³-hybridized carbons (Fsp3) is 0.722.